The Labute approximate surface area is 190 Å². The van der Waals surface area contributed by atoms with Crippen LogP contribution in [0, 0.1) is 0 Å². The van der Waals surface area contributed by atoms with Crippen molar-refractivity contribution in [3.63, 3.8) is 0 Å². The molecule has 0 aromatic heterocycles. The fraction of sp³-hybridized carbons (Fsp3) is 0.409. The first-order valence-electron chi connectivity index (χ1n) is 10.6. The minimum atomic E-state index is -3.48. The third-order valence-electron chi connectivity index (χ3n) is 5.51. The van der Waals surface area contributed by atoms with Gasteiger partial charge >= 0.3 is 0 Å². The summed E-state index contributed by atoms with van der Waals surface area (Å²) in [5.74, 6) is -0.137. The lowest BCUT2D eigenvalue weighted by molar-refractivity contribution is -0.121. The van der Waals surface area contributed by atoms with Crippen molar-refractivity contribution in [2.24, 2.45) is 0 Å². The van der Waals surface area contributed by atoms with E-state index in [1.54, 1.807) is 40.7 Å². The van der Waals surface area contributed by atoms with Gasteiger partial charge in [-0.3, -0.25) is 4.79 Å². The molecule has 10 heteroatoms. The maximum Gasteiger partial charge on any atom is 0.243 e. The number of aryl methyl sites for hydroxylation is 1. The molecule has 1 fully saturated rings. The Morgan fingerprint density at radius 1 is 0.844 bits per heavy atom. The largest absolute Gasteiger partial charge is 0.352 e. The summed E-state index contributed by atoms with van der Waals surface area (Å²) in [5.41, 5.74) is 1.68. The van der Waals surface area contributed by atoms with Crippen LogP contribution in [-0.2, 0) is 37.8 Å². The minimum absolute atomic E-state index is 0.137. The molecule has 2 N–H and O–H groups in total. The van der Waals surface area contributed by atoms with Crippen molar-refractivity contribution in [2.75, 3.05) is 20.1 Å². The lowest BCUT2D eigenvalue weighted by atomic mass is 10.1. The van der Waals surface area contributed by atoms with Crippen LogP contribution in [0.4, 0.5) is 0 Å². The third kappa shape index (κ3) is 6.16. The highest BCUT2D eigenvalue weighted by Crippen LogP contribution is 2.21. The Bertz CT molecular complexity index is 1120. The molecule has 8 nitrogen and oxygen atoms in total. The van der Waals surface area contributed by atoms with E-state index in [0.29, 0.717) is 26.1 Å². The van der Waals surface area contributed by atoms with E-state index in [-0.39, 0.29) is 22.1 Å². The van der Waals surface area contributed by atoms with E-state index in [9.17, 15) is 21.6 Å². The first-order chi connectivity index (χ1) is 15.2. The van der Waals surface area contributed by atoms with E-state index in [1.165, 1.54) is 19.2 Å². The van der Waals surface area contributed by atoms with E-state index in [2.05, 4.69) is 10.0 Å². The van der Waals surface area contributed by atoms with Crippen LogP contribution in [0.25, 0.3) is 0 Å². The number of sulfonamides is 2. The molecule has 0 aliphatic carbocycles. The normalized spacial score (nSPS) is 15.4. The van der Waals surface area contributed by atoms with Gasteiger partial charge in [-0.2, -0.15) is 4.31 Å². The highest BCUT2D eigenvalue weighted by molar-refractivity contribution is 7.89. The van der Waals surface area contributed by atoms with Crippen LogP contribution in [-0.4, -0.2) is 47.2 Å². The number of hydrogen-bond donors (Lipinski definition) is 2. The van der Waals surface area contributed by atoms with E-state index < -0.39 is 20.0 Å². The zero-order valence-electron chi connectivity index (χ0n) is 18.1. The molecule has 2 aromatic rings. The molecule has 0 unspecified atom stereocenters. The zero-order valence-corrected chi connectivity index (χ0v) is 19.7. The molecule has 174 valence electrons. The van der Waals surface area contributed by atoms with Gasteiger partial charge in [0, 0.05) is 26.1 Å². The lowest BCUT2D eigenvalue weighted by Crippen LogP contribution is -2.35. The third-order valence-corrected chi connectivity index (χ3v) is 8.85. The lowest BCUT2D eigenvalue weighted by Gasteiger charge is -2.25. The average Bonchev–Trinajstić information content (AvgIpc) is 2.82. The monoisotopic (exact) mass is 479 g/mol. The van der Waals surface area contributed by atoms with E-state index in [1.807, 2.05) is 0 Å². The van der Waals surface area contributed by atoms with Crippen molar-refractivity contribution in [1.82, 2.24) is 14.3 Å². The Hall–Kier alpha value is -2.27. The topological polar surface area (TPSA) is 113 Å². The molecule has 1 heterocycles. The summed E-state index contributed by atoms with van der Waals surface area (Å²) in [6.07, 6.45) is 3.62. The zero-order chi connectivity index (χ0) is 23.2. The van der Waals surface area contributed by atoms with Gasteiger partial charge in [-0.15, -0.1) is 0 Å². The smallest absolute Gasteiger partial charge is 0.243 e. The van der Waals surface area contributed by atoms with Crippen molar-refractivity contribution in [3.8, 4) is 0 Å². The number of piperidine rings is 1. The molecule has 0 atom stereocenters. The van der Waals surface area contributed by atoms with Crippen molar-refractivity contribution in [1.29, 1.82) is 0 Å². The van der Waals surface area contributed by atoms with Crippen LogP contribution < -0.4 is 10.0 Å². The highest BCUT2D eigenvalue weighted by atomic mass is 32.2. The number of carbonyl (C=O) groups is 1. The summed E-state index contributed by atoms with van der Waals surface area (Å²) in [4.78, 5) is 12.6. The predicted molar refractivity (Wildman–Crippen MR) is 122 cm³/mol. The predicted octanol–water partition coefficient (Wildman–Crippen LogP) is 2.02. The van der Waals surface area contributed by atoms with Crippen molar-refractivity contribution in [2.45, 2.75) is 48.4 Å². The summed E-state index contributed by atoms with van der Waals surface area (Å²) in [5, 5.41) is 2.81. The molecular formula is C22H29N3O5S2. The maximum atomic E-state index is 12.7. The van der Waals surface area contributed by atoms with E-state index >= 15 is 0 Å². The van der Waals surface area contributed by atoms with Gasteiger partial charge in [-0.1, -0.05) is 30.7 Å². The molecule has 1 saturated heterocycles. The number of benzene rings is 2. The Balaban J connectivity index is 1.48. The molecule has 0 bridgehead atoms. The maximum absolute atomic E-state index is 12.7. The minimum Gasteiger partial charge on any atom is -0.352 e. The van der Waals surface area contributed by atoms with Gasteiger partial charge in [-0.25, -0.2) is 21.6 Å². The molecule has 1 aliphatic rings. The van der Waals surface area contributed by atoms with Crippen molar-refractivity contribution in [3.05, 3.63) is 59.7 Å². The number of amides is 1. The second-order valence-electron chi connectivity index (χ2n) is 7.74. The van der Waals surface area contributed by atoms with Gasteiger partial charge in [-0.05, 0) is 61.7 Å². The fourth-order valence-corrected chi connectivity index (χ4v) is 5.78. The van der Waals surface area contributed by atoms with Crippen LogP contribution in [0.3, 0.4) is 0 Å². The van der Waals surface area contributed by atoms with Gasteiger partial charge < -0.3 is 5.32 Å². The molecule has 3 rings (SSSR count). The molecule has 0 saturated carbocycles. The summed E-state index contributed by atoms with van der Waals surface area (Å²) in [6.45, 7) is 1.43. The van der Waals surface area contributed by atoms with Gasteiger partial charge in [0.2, 0.25) is 26.0 Å². The number of carbonyl (C=O) groups excluding carboxylic acids is 1. The summed E-state index contributed by atoms with van der Waals surface area (Å²) >= 11 is 0. The highest BCUT2D eigenvalue weighted by Gasteiger charge is 2.25. The fourth-order valence-electron chi connectivity index (χ4n) is 3.53. The van der Waals surface area contributed by atoms with Gasteiger partial charge in [0.15, 0.2) is 0 Å². The van der Waals surface area contributed by atoms with E-state index in [0.717, 1.165) is 30.4 Å². The Kier molecular flexibility index (Phi) is 8.05. The van der Waals surface area contributed by atoms with E-state index in [4.69, 9.17) is 0 Å². The second kappa shape index (κ2) is 10.6. The summed E-state index contributed by atoms with van der Waals surface area (Å²) < 4.78 is 52.7. The van der Waals surface area contributed by atoms with Gasteiger partial charge in [0.1, 0.15) is 0 Å². The standard InChI is InChI=1S/C22H29N3O5S2/c1-23-31(27,28)20-10-7-19(8-11-20)17-24-22(26)14-9-18-5-12-21(13-6-18)32(29,30)25-15-3-2-4-16-25/h5-8,10-13,23H,2-4,9,14-17H2,1H3,(H,24,26). The quantitative estimate of drug-likeness (QED) is 0.571. The number of rotatable bonds is 9. The number of nitrogens with one attached hydrogen (secondary N) is 2. The summed E-state index contributed by atoms with van der Waals surface area (Å²) in [7, 11) is -5.58. The molecule has 2 aromatic carbocycles. The number of hydrogen-bond acceptors (Lipinski definition) is 5. The molecule has 0 radical (unpaired) electrons. The van der Waals surface area contributed by atoms with Crippen LogP contribution in [0.2, 0.25) is 0 Å². The molecular weight excluding hydrogens is 450 g/mol. The first-order valence-corrected chi connectivity index (χ1v) is 13.5. The SMILES string of the molecule is CNS(=O)(=O)c1ccc(CNC(=O)CCc2ccc(S(=O)(=O)N3CCCCC3)cc2)cc1. The number of nitrogens with zero attached hydrogens (tertiary/aromatic N) is 1. The van der Waals surface area contributed by atoms with Crippen molar-refractivity contribution < 1.29 is 21.6 Å². The summed E-state index contributed by atoms with van der Waals surface area (Å²) in [6, 6.07) is 13.0. The van der Waals surface area contributed by atoms with Crippen LogP contribution in [0.1, 0.15) is 36.8 Å². The van der Waals surface area contributed by atoms with Crippen LogP contribution >= 0.6 is 0 Å². The molecule has 1 aliphatic heterocycles. The Morgan fingerprint density at radius 2 is 1.41 bits per heavy atom. The van der Waals surface area contributed by atoms with Gasteiger partial charge in [0.05, 0.1) is 9.79 Å². The average molecular weight is 480 g/mol. The van der Waals surface area contributed by atoms with Crippen LogP contribution in [0.5, 0.6) is 0 Å². The van der Waals surface area contributed by atoms with Crippen LogP contribution in [0.15, 0.2) is 58.3 Å². The molecule has 32 heavy (non-hydrogen) atoms. The van der Waals surface area contributed by atoms with Crippen molar-refractivity contribution >= 4 is 26.0 Å². The first kappa shape index (κ1) is 24.4. The Morgan fingerprint density at radius 3 is 2.00 bits per heavy atom. The molecule has 0 spiro atoms. The molecule has 1 amide bonds. The second-order valence-corrected chi connectivity index (χ2v) is 11.6. The van der Waals surface area contributed by atoms with Gasteiger partial charge in [0.25, 0.3) is 0 Å².